The number of carbonyl (C=O) groups excluding carboxylic acids is 1. The maximum Gasteiger partial charge on any atom is 0.274 e. The number of halogens is 1. The molecule has 0 bridgehead atoms. The van der Waals surface area contributed by atoms with Gasteiger partial charge < -0.3 is 10.2 Å². The summed E-state index contributed by atoms with van der Waals surface area (Å²) in [6, 6.07) is 2.69. The summed E-state index contributed by atoms with van der Waals surface area (Å²) in [6.45, 7) is 4.89. The zero-order chi connectivity index (χ0) is 14.7. The van der Waals surface area contributed by atoms with Crippen LogP contribution in [0.1, 0.15) is 62.0 Å². The quantitative estimate of drug-likeness (QED) is 0.925. The standard InChI is InChI=1S/C16H26N4O.ClH/c1-2-19(13-6-3-4-7-13)16(21)15-9-11-20(18-15)14-8-5-10-17-12-14;/h9,11,13-14,17H,2-8,10,12H2,1H3;1H. The number of rotatable bonds is 4. The van der Waals surface area contributed by atoms with Crippen LogP contribution in [0.15, 0.2) is 12.3 Å². The van der Waals surface area contributed by atoms with Crippen LogP contribution in [0.2, 0.25) is 0 Å². The van der Waals surface area contributed by atoms with Crippen molar-refractivity contribution in [1.82, 2.24) is 20.0 Å². The van der Waals surface area contributed by atoms with Crippen LogP contribution in [0.4, 0.5) is 0 Å². The lowest BCUT2D eigenvalue weighted by molar-refractivity contribution is 0.0686. The molecule has 1 aliphatic heterocycles. The van der Waals surface area contributed by atoms with Gasteiger partial charge in [0.25, 0.3) is 5.91 Å². The summed E-state index contributed by atoms with van der Waals surface area (Å²) in [5, 5.41) is 7.95. The first-order chi connectivity index (χ1) is 10.3. The average molecular weight is 327 g/mol. The molecule has 2 aliphatic rings. The van der Waals surface area contributed by atoms with Gasteiger partial charge in [0.05, 0.1) is 6.04 Å². The van der Waals surface area contributed by atoms with E-state index in [2.05, 4.69) is 17.3 Å². The molecule has 124 valence electrons. The van der Waals surface area contributed by atoms with Crippen molar-refractivity contribution < 1.29 is 4.79 Å². The van der Waals surface area contributed by atoms with Crippen molar-refractivity contribution in [1.29, 1.82) is 0 Å². The van der Waals surface area contributed by atoms with Gasteiger partial charge in [-0.3, -0.25) is 9.48 Å². The van der Waals surface area contributed by atoms with Crippen LogP contribution in [0.3, 0.4) is 0 Å². The van der Waals surface area contributed by atoms with Crippen molar-refractivity contribution in [2.24, 2.45) is 0 Å². The van der Waals surface area contributed by atoms with Gasteiger partial charge in [-0.2, -0.15) is 5.10 Å². The first kappa shape index (κ1) is 17.3. The number of hydrogen-bond donors (Lipinski definition) is 1. The van der Waals surface area contributed by atoms with E-state index in [1.54, 1.807) is 0 Å². The van der Waals surface area contributed by atoms with Gasteiger partial charge in [-0.1, -0.05) is 12.8 Å². The molecular weight excluding hydrogens is 300 g/mol. The second-order valence-electron chi connectivity index (χ2n) is 6.21. The number of amides is 1. The monoisotopic (exact) mass is 326 g/mol. The van der Waals surface area contributed by atoms with Crippen molar-refractivity contribution in [3.05, 3.63) is 18.0 Å². The van der Waals surface area contributed by atoms with E-state index in [-0.39, 0.29) is 18.3 Å². The van der Waals surface area contributed by atoms with E-state index in [0.717, 1.165) is 38.9 Å². The first-order valence-electron chi connectivity index (χ1n) is 8.36. The van der Waals surface area contributed by atoms with Gasteiger partial charge in [-0.15, -0.1) is 12.4 Å². The zero-order valence-corrected chi connectivity index (χ0v) is 14.1. The molecule has 1 saturated carbocycles. The minimum absolute atomic E-state index is 0. The summed E-state index contributed by atoms with van der Waals surface area (Å²) in [4.78, 5) is 14.7. The van der Waals surface area contributed by atoms with E-state index in [9.17, 15) is 4.79 Å². The minimum atomic E-state index is 0. The van der Waals surface area contributed by atoms with Gasteiger partial charge >= 0.3 is 0 Å². The molecule has 1 atom stereocenters. The Balaban J connectivity index is 0.00000176. The fourth-order valence-corrected chi connectivity index (χ4v) is 3.65. The molecule has 1 unspecified atom stereocenters. The van der Waals surface area contributed by atoms with Crippen LogP contribution < -0.4 is 5.32 Å². The highest BCUT2D eigenvalue weighted by molar-refractivity contribution is 5.92. The highest BCUT2D eigenvalue weighted by atomic mass is 35.5. The maximum absolute atomic E-state index is 12.7. The number of piperidine rings is 1. The normalized spacial score (nSPS) is 22.3. The Bertz CT molecular complexity index is 478. The van der Waals surface area contributed by atoms with E-state index in [4.69, 9.17) is 0 Å². The first-order valence-corrected chi connectivity index (χ1v) is 8.36. The largest absolute Gasteiger partial charge is 0.335 e. The van der Waals surface area contributed by atoms with Gasteiger partial charge in [0.2, 0.25) is 0 Å². The lowest BCUT2D eigenvalue weighted by Crippen LogP contribution is -2.39. The van der Waals surface area contributed by atoms with Crippen molar-refractivity contribution in [2.75, 3.05) is 19.6 Å². The van der Waals surface area contributed by atoms with E-state index in [0.29, 0.717) is 17.8 Å². The van der Waals surface area contributed by atoms with E-state index >= 15 is 0 Å². The molecule has 0 spiro atoms. The van der Waals surface area contributed by atoms with Crippen LogP contribution in [0.25, 0.3) is 0 Å². The van der Waals surface area contributed by atoms with Crippen molar-refractivity contribution in [3.63, 3.8) is 0 Å². The van der Waals surface area contributed by atoms with Crippen molar-refractivity contribution in [3.8, 4) is 0 Å². The number of nitrogens with one attached hydrogen (secondary N) is 1. The van der Waals surface area contributed by atoms with Crippen LogP contribution in [-0.4, -0.2) is 46.3 Å². The Kier molecular flexibility index (Phi) is 6.26. The van der Waals surface area contributed by atoms with Gasteiger partial charge in [0.15, 0.2) is 0 Å². The third-order valence-corrected chi connectivity index (χ3v) is 4.84. The Morgan fingerprint density at radius 1 is 1.36 bits per heavy atom. The Labute approximate surface area is 138 Å². The second-order valence-corrected chi connectivity index (χ2v) is 6.21. The Morgan fingerprint density at radius 2 is 2.14 bits per heavy atom. The smallest absolute Gasteiger partial charge is 0.274 e. The third-order valence-electron chi connectivity index (χ3n) is 4.84. The molecule has 1 aromatic heterocycles. The molecule has 0 aromatic carbocycles. The minimum Gasteiger partial charge on any atom is -0.335 e. The van der Waals surface area contributed by atoms with E-state index < -0.39 is 0 Å². The molecule has 0 radical (unpaired) electrons. The lowest BCUT2D eigenvalue weighted by Gasteiger charge is -2.27. The molecule has 22 heavy (non-hydrogen) atoms. The molecular formula is C16H27ClN4O. The van der Waals surface area contributed by atoms with E-state index in [1.807, 2.05) is 21.8 Å². The number of hydrogen-bond acceptors (Lipinski definition) is 3. The Morgan fingerprint density at radius 3 is 2.77 bits per heavy atom. The fraction of sp³-hybridized carbons (Fsp3) is 0.750. The van der Waals surface area contributed by atoms with Gasteiger partial charge in [-0.05, 0) is 45.2 Å². The van der Waals surface area contributed by atoms with Crippen LogP contribution in [-0.2, 0) is 0 Å². The topological polar surface area (TPSA) is 50.2 Å². The number of carbonyl (C=O) groups is 1. The summed E-state index contributed by atoms with van der Waals surface area (Å²) in [5.41, 5.74) is 0.606. The van der Waals surface area contributed by atoms with Crippen LogP contribution >= 0.6 is 12.4 Å². The summed E-state index contributed by atoms with van der Waals surface area (Å²) in [7, 11) is 0. The van der Waals surface area contributed by atoms with Gasteiger partial charge in [0.1, 0.15) is 5.69 Å². The lowest BCUT2D eigenvalue weighted by atomic mass is 10.1. The van der Waals surface area contributed by atoms with Gasteiger partial charge in [0, 0.05) is 25.3 Å². The predicted octanol–water partition coefficient (Wildman–Crippen LogP) is 2.63. The van der Waals surface area contributed by atoms with Crippen molar-refractivity contribution >= 4 is 18.3 Å². The van der Waals surface area contributed by atoms with Crippen molar-refractivity contribution in [2.45, 2.75) is 57.5 Å². The molecule has 6 heteroatoms. The molecule has 1 aliphatic carbocycles. The number of nitrogens with zero attached hydrogens (tertiary/aromatic N) is 3. The molecule has 2 fully saturated rings. The summed E-state index contributed by atoms with van der Waals surface area (Å²) in [6.07, 6.45) is 9.07. The molecule has 3 rings (SSSR count). The van der Waals surface area contributed by atoms with Crippen LogP contribution in [0, 0.1) is 0 Å². The maximum atomic E-state index is 12.7. The summed E-state index contributed by atoms with van der Waals surface area (Å²) < 4.78 is 1.97. The number of aromatic nitrogens is 2. The summed E-state index contributed by atoms with van der Waals surface area (Å²) >= 11 is 0. The van der Waals surface area contributed by atoms with Gasteiger partial charge in [-0.25, -0.2) is 0 Å². The summed E-state index contributed by atoms with van der Waals surface area (Å²) in [5.74, 6) is 0.104. The SMILES string of the molecule is CCN(C(=O)c1ccn(C2CCCNC2)n1)C1CCCC1.Cl. The molecule has 1 saturated heterocycles. The fourth-order valence-electron chi connectivity index (χ4n) is 3.65. The molecule has 2 heterocycles. The molecule has 1 N–H and O–H groups in total. The zero-order valence-electron chi connectivity index (χ0n) is 13.3. The predicted molar refractivity (Wildman–Crippen MR) is 89.6 cm³/mol. The van der Waals surface area contributed by atoms with Crippen LogP contribution in [0.5, 0.6) is 0 Å². The highest BCUT2D eigenvalue weighted by Gasteiger charge is 2.27. The average Bonchev–Trinajstić information content (AvgIpc) is 3.20. The molecule has 1 amide bonds. The highest BCUT2D eigenvalue weighted by Crippen LogP contribution is 2.24. The Hall–Kier alpha value is -1.07. The second kappa shape index (κ2) is 7.97. The molecule has 1 aromatic rings. The van der Waals surface area contributed by atoms with E-state index in [1.165, 1.54) is 19.3 Å². The molecule has 5 nitrogen and oxygen atoms in total. The third kappa shape index (κ3) is 3.63.